The van der Waals surface area contributed by atoms with E-state index >= 15 is 0 Å². The van der Waals surface area contributed by atoms with Crippen molar-refractivity contribution in [2.45, 2.75) is 170 Å². The van der Waals surface area contributed by atoms with Gasteiger partial charge in [-0.1, -0.05) is 256 Å². The summed E-state index contributed by atoms with van der Waals surface area (Å²) in [7, 11) is 0. The fourth-order valence-corrected chi connectivity index (χ4v) is 20.1. The number of benzene rings is 13. The third kappa shape index (κ3) is 10.8. The van der Waals surface area contributed by atoms with Crippen LogP contribution < -0.4 is 57.7 Å². The SMILES string of the molecule is Cc1cc2c3c(c1)N(c1ccc(C(C)(C)CCC(C)(C)c4ccc(N5c6ccc(C(C)(C)C)cc6B6c7cc(C(C)(C)C)cc8c7N(c7cccc5c76)C(C)(C(C)(C)C)N8)cc4)cc1)c1cc(-n4c5ccccc5c5ccccc54)ccc1B3c1ccc(-n3c4ccccc4c4ccccc43)cc1N2c1ccc(C(C)(C)C)cc1. The Morgan fingerprint density at radius 2 is 0.684 bits per heavy atom. The largest absolute Gasteiger partial charge is 0.361 e. The van der Waals surface area contributed by atoms with Gasteiger partial charge in [-0.25, -0.2) is 0 Å². The van der Waals surface area contributed by atoms with Gasteiger partial charge in [0.1, 0.15) is 5.66 Å². The molecule has 7 heterocycles. The molecule has 9 heteroatoms. The molecule has 0 fully saturated rings. The average Bonchev–Trinajstić information content (AvgIpc) is 1.28. The maximum Gasteiger partial charge on any atom is 0.252 e. The Morgan fingerprint density at radius 1 is 0.307 bits per heavy atom. The fraction of sp³-hybridized carbons (Fsp3) is 0.257. The van der Waals surface area contributed by atoms with Crippen molar-refractivity contribution >= 4 is 158 Å². The van der Waals surface area contributed by atoms with Crippen LogP contribution in [0.4, 0.5) is 68.2 Å². The topological polar surface area (TPSA) is 34.9 Å². The number of para-hydroxylation sites is 4. The molecule has 13 aromatic carbocycles. The number of hydrogen-bond donors (Lipinski definition) is 1. The van der Waals surface area contributed by atoms with Gasteiger partial charge in [-0.05, 0) is 241 Å². The summed E-state index contributed by atoms with van der Waals surface area (Å²) in [5.74, 6) is 0. The zero-order valence-electron chi connectivity index (χ0n) is 69.7. The number of fused-ring (bicyclic) bond motifs is 14. The third-order valence-electron chi connectivity index (χ3n) is 27.1. The van der Waals surface area contributed by atoms with E-state index in [1.807, 2.05) is 0 Å². The molecule has 0 saturated heterocycles. The van der Waals surface area contributed by atoms with Gasteiger partial charge >= 0.3 is 0 Å². The van der Waals surface area contributed by atoms with Crippen molar-refractivity contribution in [3.8, 4) is 11.4 Å². The Morgan fingerprint density at radius 3 is 1.12 bits per heavy atom. The van der Waals surface area contributed by atoms with E-state index in [0.29, 0.717) is 0 Å². The molecule has 2 aromatic heterocycles. The zero-order valence-corrected chi connectivity index (χ0v) is 69.7. The van der Waals surface area contributed by atoms with Crippen molar-refractivity contribution < 1.29 is 0 Å². The summed E-state index contributed by atoms with van der Waals surface area (Å²) in [6.07, 6.45) is 2.00. The van der Waals surface area contributed by atoms with Gasteiger partial charge in [0.05, 0.1) is 33.4 Å². The van der Waals surface area contributed by atoms with Crippen LogP contribution in [0.2, 0.25) is 0 Å². The molecule has 5 aliphatic heterocycles. The predicted octanol–water partition coefficient (Wildman–Crippen LogP) is 24.1. The summed E-state index contributed by atoms with van der Waals surface area (Å²) >= 11 is 0. The third-order valence-corrected chi connectivity index (χ3v) is 27.1. The number of aromatic nitrogens is 2. The van der Waals surface area contributed by atoms with Crippen LogP contribution in [0.15, 0.2) is 267 Å². The lowest BCUT2D eigenvalue weighted by molar-refractivity contribution is 0.245. The molecule has 20 rings (SSSR count). The lowest BCUT2D eigenvalue weighted by atomic mass is 9.33. The Balaban J connectivity index is 0.669. The number of anilines is 12. The summed E-state index contributed by atoms with van der Waals surface area (Å²) in [6.45, 7) is 42.8. The van der Waals surface area contributed by atoms with Crippen LogP contribution in [0.5, 0.6) is 0 Å². The Kier molecular flexibility index (Phi) is 15.6. The average molecular weight is 1480 g/mol. The number of nitrogens with one attached hydrogen (secondary N) is 1. The van der Waals surface area contributed by atoms with Gasteiger partial charge in [0.15, 0.2) is 0 Å². The summed E-state index contributed by atoms with van der Waals surface area (Å²) in [5, 5.41) is 9.20. The van der Waals surface area contributed by atoms with Crippen LogP contribution in [0.25, 0.3) is 55.0 Å². The first-order chi connectivity index (χ1) is 54.3. The standard InChI is InChI=1S/C105H103B2N7/c1-65-58-94-97-95(59-65)111(93-64-75(113-87-34-25-21-30-78(87)79-31-22-26-35-88(79)113)52-54-81(93)106(97)80-53-51-74(63-92(80)110(94)72-45-38-66(39-46-72)99(2,3)4)112-85-32-23-19-28-76(85)77-29-20-24-33-86(77)112)73-49-42-68(43-50-73)104(16,17)57-56-103(14,15)67-40-47-71(48-41-67)109-89-55-44-69(100(5,6)7)60-82(89)107-83-61-70(101(8,9)10)62-84-98(83)114(105(18,108-84)102(11,12)13)91-37-27-36-90(109)96(91)107/h19-55,58-64,108H,56-57H2,1-18H3. The van der Waals surface area contributed by atoms with Crippen LogP contribution in [0.1, 0.15) is 164 Å². The predicted molar refractivity (Wildman–Crippen MR) is 491 cm³/mol. The second kappa shape index (κ2) is 24.8. The van der Waals surface area contributed by atoms with Gasteiger partial charge < -0.3 is 34.1 Å². The Hall–Kier alpha value is -11.4. The lowest BCUT2D eigenvalue weighted by Crippen LogP contribution is -2.65. The van der Waals surface area contributed by atoms with Crippen molar-refractivity contribution in [2.24, 2.45) is 5.41 Å². The van der Waals surface area contributed by atoms with Crippen LogP contribution in [-0.2, 0) is 27.1 Å². The highest BCUT2D eigenvalue weighted by molar-refractivity contribution is 7.01. The maximum atomic E-state index is 4.19. The number of hydrogen-bond acceptors (Lipinski definition) is 5. The first kappa shape index (κ1) is 71.6. The van der Waals surface area contributed by atoms with E-state index in [9.17, 15) is 0 Å². The van der Waals surface area contributed by atoms with Gasteiger partial charge in [0, 0.05) is 95.2 Å². The molecule has 7 nitrogen and oxygen atoms in total. The maximum absolute atomic E-state index is 4.19. The van der Waals surface area contributed by atoms with E-state index in [-0.39, 0.29) is 51.6 Å². The smallest absolute Gasteiger partial charge is 0.252 e. The van der Waals surface area contributed by atoms with E-state index in [1.165, 1.54) is 167 Å². The van der Waals surface area contributed by atoms with Crippen molar-refractivity contribution in [1.29, 1.82) is 0 Å². The van der Waals surface area contributed by atoms with E-state index in [0.717, 1.165) is 35.6 Å². The van der Waals surface area contributed by atoms with E-state index in [2.05, 4.69) is 426 Å². The molecular formula is C105H103B2N7. The Labute approximate surface area is 675 Å². The number of aryl methyl sites for hydroxylation is 1. The molecule has 0 saturated carbocycles. The first-order valence-electron chi connectivity index (χ1n) is 41.5. The van der Waals surface area contributed by atoms with E-state index in [1.54, 1.807) is 0 Å². The van der Waals surface area contributed by atoms with Gasteiger partial charge in [-0.15, -0.1) is 0 Å². The summed E-state index contributed by atoms with van der Waals surface area (Å²) in [4.78, 5) is 10.5. The molecule has 1 N–H and O–H groups in total. The first-order valence-corrected chi connectivity index (χ1v) is 41.5. The Bertz CT molecular complexity index is 6390. The second-order valence-electron chi connectivity index (χ2n) is 39.2. The lowest BCUT2D eigenvalue weighted by Gasteiger charge is -2.51. The van der Waals surface area contributed by atoms with Gasteiger partial charge in [0.2, 0.25) is 0 Å². The van der Waals surface area contributed by atoms with Crippen LogP contribution >= 0.6 is 0 Å². The van der Waals surface area contributed by atoms with Crippen molar-refractivity contribution in [1.82, 2.24) is 9.13 Å². The van der Waals surface area contributed by atoms with Crippen LogP contribution in [0, 0.1) is 12.3 Å². The highest BCUT2D eigenvalue weighted by atomic mass is 15.4. The summed E-state index contributed by atoms with van der Waals surface area (Å²) < 4.78 is 4.96. The minimum atomic E-state index is -0.388. The van der Waals surface area contributed by atoms with Gasteiger partial charge in [0.25, 0.3) is 13.4 Å². The van der Waals surface area contributed by atoms with E-state index in [4.69, 9.17) is 0 Å². The molecule has 0 radical (unpaired) electrons. The monoisotopic (exact) mass is 1480 g/mol. The molecule has 0 spiro atoms. The molecule has 0 aliphatic carbocycles. The molecule has 0 amide bonds. The van der Waals surface area contributed by atoms with E-state index < -0.39 is 0 Å². The molecule has 15 aromatic rings. The molecule has 1 atom stereocenters. The second-order valence-corrected chi connectivity index (χ2v) is 39.2. The van der Waals surface area contributed by atoms with Crippen molar-refractivity contribution in [3.05, 3.63) is 300 Å². The minimum absolute atomic E-state index is 0.0111. The molecular weight excluding hydrogens is 1380 g/mol. The van der Waals surface area contributed by atoms with Crippen LogP contribution in [0.3, 0.4) is 0 Å². The van der Waals surface area contributed by atoms with Gasteiger partial charge in [-0.3, -0.25) is 0 Å². The quantitative estimate of drug-likeness (QED) is 0.138. The normalized spacial score (nSPS) is 15.7. The minimum Gasteiger partial charge on any atom is -0.361 e. The van der Waals surface area contributed by atoms with Crippen LogP contribution in [-0.4, -0.2) is 28.2 Å². The highest BCUT2D eigenvalue weighted by Crippen LogP contribution is 2.56. The zero-order chi connectivity index (χ0) is 79.0. The molecule has 1 unspecified atom stereocenters. The van der Waals surface area contributed by atoms with Crippen molar-refractivity contribution in [3.63, 3.8) is 0 Å². The molecule has 0 bridgehead atoms. The summed E-state index contributed by atoms with van der Waals surface area (Å²) in [5.41, 5.74) is 36.7. The summed E-state index contributed by atoms with van der Waals surface area (Å²) in [6, 6.07) is 103. The fourth-order valence-electron chi connectivity index (χ4n) is 20.1. The van der Waals surface area contributed by atoms with Crippen molar-refractivity contribution in [2.75, 3.05) is 24.9 Å². The molecule has 564 valence electrons. The van der Waals surface area contributed by atoms with Gasteiger partial charge in [-0.2, -0.15) is 0 Å². The highest BCUT2D eigenvalue weighted by Gasteiger charge is 2.56. The molecule has 5 aliphatic rings. The number of nitrogens with zero attached hydrogens (tertiary/aromatic N) is 6. The number of rotatable bonds is 10. The molecule has 114 heavy (non-hydrogen) atoms.